The van der Waals surface area contributed by atoms with Gasteiger partial charge in [0.25, 0.3) is 0 Å². The van der Waals surface area contributed by atoms with E-state index < -0.39 is 11.5 Å². The smallest absolute Gasteiger partial charge is 0.323 e. The van der Waals surface area contributed by atoms with Crippen LogP contribution in [0.3, 0.4) is 0 Å². The van der Waals surface area contributed by atoms with E-state index >= 15 is 0 Å². The van der Waals surface area contributed by atoms with E-state index in [1.165, 1.54) is 6.92 Å². The summed E-state index contributed by atoms with van der Waals surface area (Å²) < 4.78 is 5.31. The average Bonchev–Trinajstić information content (AvgIpc) is 2.88. The summed E-state index contributed by atoms with van der Waals surface area (Å²) in [6.07, 6.45) is 0.880. The van der Waals surface area contributed by atoms with Gasteiger partial charge in [-0.2, -0.15) is 0 Å². The Labute approximate surface area is 116 Å². The molecule has 0 aliphatic carbocycles. The van der Waals surface area contributed by atoms with Gasteiger partial charge in [-0.1, -0.05) is 24.3 Å². The number of furan rings is 1. The molecule has 0 saturated heterocycles. The highest BCUT2D eigenvalue weighted by Gasteiger charge is 2.27. The van der Waals surface area contributed by atoms with Gasteiger partial charge in [0.2, 0.25) is 0 Å². The van der Waals surface area contributed by atoms with Crippen LogP contribution in [0, 0.1) is 0 Å². The maximum Gasteiger partial charge on any atom is 0.323 e. The van der Waals surface area contributed by atoms with E-state index in [-0.39, 0.29) is 12.2 Å². The molecule has 20 heavy (non-hydrogen) atoms. The van der Waals surface area contributed by atoms with Gasteiger partial charge in [-0.15, -0.1) is 0 Å². The summed E-state index contributed by atoms with van der Waals surface area (Å²) in [5.41, 5.74) is 6.05. The topological polar surface area (TPSA) is 93.5 Å². The minimum atomic E-state index is -1.29. The number of carbonyl (C=O) groups excluding carboxylic acids is 1. The normalized spacial score (nSPS) is 13.7. The predicted octanol–water partition coefficient (Wildman–Crippen LogP) is 2.10. The largest absolute Gasteiger partial charge is 0.480 e. The molecule has 1 unspecified atom stereocenters. The van der Waals surface area contributed by atoms with E-state index in [2.05, 4.69) is 0 Å². The van der Waals surface area contributed by atoms with Gasteiger partial charge < -0.3 is 15.3 Å². The molecule has 0 aliphatic rings. The molecule has 2 rings (SSSR count). The summed E-state index contributed by atoms with van der Waals surface area (Å²) in [7, 11) is 0. The third-order valence-corrected chi connectivity index (χ3v) is 3.04. The zero-order valence-corrected chi connectivity index (χ0v) is 11.0. The number of carboxylic acids is 1. The van der Waals surface area contributed by atoms with Crippen LogP contribution in [-0.2, 0) is 11.2 Å². The average molecular weight is 273 g/mol. The van der Waals surface area contributed by atoms with Crippen LogP contribution in [0.15, 0.2) is 40.8 Å². The van der Waals surface area contributed by atoms with Crippen LogP contribution in [-0.4, -0.2) is 22.9 Å². The molecule has 5 heteroatoms. The third-order valence-electron chi connectivity index (χ3n) is 3.04. The van der Waals surface area contributed by atoms with Crippen LogP contribution in [0.1, 0.15) is 23.0 Å². The Morgan fingerprint density at radius 2 is 1.95 bits per heavy atom. The summed E-state index contributed by atoms with van der Waals surface area (Å²) in [5.74, 6) is -0.180. The Morgan fingerprint density at radius 1 is 1.30 bits per heavy atom. The molecule has 5 nitrogen and oxygen atoms in total. The lowest BCUT2D eigenvalue weighted by molar-refractivity contribution is -0.142. The van der Waals surface area contributed by atoms with Gasteiger partial charge in [-0.25, -0.2) is 0 Å². The number of nitrogens with two attached hydrogens (primary N) is 1. The van der Waals surface area contributed by atoms with E-state index in [9.17, 15) is 9.59 Å². The first-order valence-electron chi connectivity index (χ1n) is 6.09. The van der Waals surface area contributed by atoms with Crippen LogP contribution in [0.25, 0.3) is 11.3 Å². The highest BCUT2D eigenvalue weighted by Crippen LogP contribution is 2.23. The molecule has 0 aliphatic heterocycles. The Bertz CT molecular complexity index is 626. The van der Waals surface area contributed by atoms with Crippen molar-refractivity contribution in [1.29, 1.82) is 0 Å². The summed E-state index contributed by atoms with van der Waals surface area (Å²) in [6, 6.07) is 10.5. The lowest BCUT2D eigenvalue weighted by Gasteiger charge is -2.19. The van der Waals surface area contributed by atoms with Gasteiger partial charge in [0.15, 0.2) is 12.0 Å². The molecule has 1 atom stereocenters. The van der Waals surface area contributed by atoms with E-state index in [0.717, 1.165) is 11.1 Å². The van der Waals surface area contributed by atoms with Crippen molar-refractivity contribution in [1.82, 2.24) is 0 Å². The highest BCUT2D eigenvalue weighted by molar-refractivity contribution is 5.78. The molecule has 0 amide bonds. The number of aldehydes is 1. The Hall–Kier alpha value is -2.40. The van der Waals surface area contributed by atoms with Gasteiger partial charge in [0.1, 0.15) is 11.3 Å². The Balaban J connectivity index is 2.18. The molecule has 1 aromatic heterocycles. The second-order valence-electron chi connectivity index (χ2n) is 4.92. The summed E-state index contributed by atoms with van der Waals surface area (Å²) in [5, 5.41) is 8.99. The van der Waals surface area contributed by atoms with Crippen LogP contribution in [0.5, 0.6) is 0 Å². The number of hydrogen-bond acceptors (Lipinski definition) is 4. The molecular weight excluding hydrogens is 258 g/mol. The Kier molecular flexibility index (Phi) is 3.72. The number of hydrogen-bond donors (Lipinski definition) is 2. The number of benzene rings is 1. The summed E-state index contributed by atoms with van der Waals surface area (Å²) in [6.45, 7) is 1.48. The minimum absolute atomic E-state index is 0.236. The molecule has 1 heterocycles. The van der Waals surface area contributed by atoms with E-state index in [4.69, 9.17) is 15.3 Å². The second kappa shape index (κ2) is 5.30. The molecule has 0 saturated carbocycles. The van der Waals surface area contributed by atoms with Gasteiger partial charge in [-0.3, -0.25) is 9.59 Å². The molecule has 0 bridgehead atoms. The summed E-state index contributed by atoms with van der Waals surface area (Å²) >= 11 is 0. The molecule has 2 aromatic rings. The van der Waals surface area contributed by atoms with Crippen molar-refractivity contribution in [2.75, 3.05) is 0 Å². The van der Waals surface area contributed by atoms with Crippen molar-refractivity contribution in [3.63, 3.8) is 0 Å². The van der Waals surface area contributed by atoms with Gasteiger partial charge >= 0.3 is 5.97 Å². The number of aliphatic carboxylic acids is 1. The number of rotatable bonds is 5. The first kappa shape index (κ1) is 14.0. The van der Waals surface area contributed by atoms with Crippen molar-refractivity contribution >= 4 is 12.3 Å². The van der Waals surface area contributed by atoms with Gasteiger partial charge in [-0.05, 0) is 24.6 Å². The van der Waals surface area contributed by atoms with Gasteiger partial charge in [0, 0.05) is 12.0 Å². The SMILES string of the molecule is CC(N)(Cc1ccc(-c2ccc(C=O)o2)cc1)C(=O)O. The maximum absolute atomic E-state index is 11.0. The maximum atomic E-state index is 11.0. The molecular formula is C15H15NO4. The van der Waals surface area contributed by atoms with E-state index in [1.54, 1.807) is 36.4 Å². The standard InChI is InChI=1S/C15H15NO4/c1-15(16,14(18)19)8-10-2-4-11(5-3-10)13-7-6-12(9-17)20-13/h2-7,9H,8,16H2,1H3,(H,18,19). The lowest BCUT2D eigenvalue weighted by atomic mass is 9.93. The fourth-order valence-corrected chi connectivity index (χ4v) is 1.86. The molecule has 0 fully saturated rings. The highest BCUT2D eigenvalue weighted by atomic mass is 16.4. The molecule has 0 radical (unpaired) electrons. The monoisotopic (exact) mass is 273 g/mol. The van der Waals surface area contributed by atoms with E-state index in [0.29, 0.717) is 12.0 Å². The van der Waals surface area contributed by atoms with Gasteiger partial charge in [0.05, 0.1) is 0 Å². The number of carbonyl (C=O) groups is 2. The predicted molar refractivity (Wildman–Crippen MR) is 73.5 cm³/mol. The van der Waals surface area contributed by atoms with Crippen LogP contribution >= 0.6 is 0 Å². The molecule has 0 spiro atoms. The Morgan fingerprint density at radius 3 is 2.45 bits per heavy atom. The van der Waals surface area contributed by atoms with Crippen LogP contribution in [0.4, 0.5) is 0 Å². The zero-order valence-electron chi connectivity index (χ0n) is 11.0. The van der Waals surface area contributed by atoms with Crippen molar-refractivity contribution in [2.24, 2.45) is 5.73 Å². The summed E-state index contributed by atoms with van der Waals surface area (Å²) in [4.78, 5) is 21.5. The van der Waals surface area contributed by atoms with Crippen LogP contribution in [0.2, 0.25) is 0 Å². The number of carboxylic acid groups (broad SMARTS) is 1. The first-order valence-corrected chi connectivity index (χ1v) is 6.09. The zero-order chi connectivity index (χ0) is 14.8. The van der Waals surface area contributed by atoms with Crippen molar-refractivity contribution < 1.29 is 19.1 Å². The van der Waals surface area contributed by atoms with Crippen molar-refractivity contribution in [3.8, 4) is 11.3 Å². The lowest BCUT2D eigenvalue weighted by Crippen LogP contribution is -2.46. The minimum Gasteiger partial charge on any atom is -0.480 e. The quantitative estimate of drug-likeness (QED) is 0.814. The van der Waals surface area contributed by atoms with Crippen molar-refractivity contribution in [3.05, 3.63) is 47.7 Å². The van der Waals surface area contributed by atoms with Crippen LogP contribution < -0.4 is 5.73 Å². The second-order valence-corrected chi connectivity index (χ2v) is 4.92. The fourth-order valence-electron chi connectivity index (χ4n) is 1.86. The molecule has 1 aromatic carbocycles. The van der Waals surface area contributed by atoms with E-state index in [1.807, 2.05) is 0 Å². The molecule has 3 N–H and O–H groups in total. The third kappa shape index (κ3) is 2.95. The molecule has 104 valence electrons. The fraction of sp³-hybridized carbons (Fsp3) is 0.200. The first-order chi connectivity index (χ1) is 9.42. The van der Waals surface area contributed by atoms with Crippen molar-refractivity contribution in [2.45, 2.75) is 18.9 Å².